The summed E-state index contributed by atoms with van der Waals surface area (Å²) < 4.78 is 4.99. The highest BCUT2D eigenvalue weighted by Gasteiger charge is 2.04. The third-order valence-electron chi connectivity index (χ3n) is 1.58. The van der Waals surface area contributed by atoms with Crippen molar-refractivity contribution in [3.05, 3.63) is 29.1 Å². The van der Waals surface area contributed by atoms with Crippen LogP contribution < -0.4 is 0 Å². The van der Waals surface area contributed by atoms with E-state index in [4.69, 9.17) is 16.0 Å². The summed E-state index contributed by atoms with van der Waals surface area (Å²) >= 11 is 5.74. The van der Waals surface area contributed by atoms with Crippen LogP contribution in [0.15, 0.2) is 22.9 Å². The van der Waals surface area contributed by atoms with Crippen molar-refractivity contribution in [2.45, 2.75) is 0 Å². The Morgan fingerprint density at radius 2 is 2.33 bits per heavy atom. The number of carbonyl (C=O) groups excluding carboxylic acids is 1. The highest BCUT2D eigenvalue weighted by molar-refractivity contribution is 6.33. The van der Waals surface area contributed by atoms with Crippen LogP contribution >= 0.6 is 11.6 Å². The number of hydrogen-bond donors (Lipinski definition) is 0. The molecular formula is C8H4ClNO2. The van der Waals surface area contributed by atoms with Crippen LogP contribution in [0.5, 0.6) is 0 Å². The number of benzene rings is 1. The van der Waals surface area contributed by atoms with E-state index in [0.717, 1.165) is 0 Å². The fourth-order valence-corrected chi connectivity index (χ4v) is 1.18. The SMILES string of the molecule is O=Cc1cc2ncoc2cc1Cl. The molecule has 0 amide bonds. The monoisotopic (exact) mass is 181 g/mol. The van der Waals surface area contributed by atoms with Crippen molar-refractivity contribution in [3.8, 4) is 0 Å². The lowest BCUT2D eigenvalue weighted by Crippen LogP contribution is -1.81. The van der Waals surface area contributed by atoms with Gasteiger partial charge in [-0.15, -0.1) is 0 Å². The topological polar surface area (TPSA) is 43.1 Å². The Hall–Kier alpha value is -1.35. The van der Waals surface area contributed by atoms with Gasteiger partial charge >= 0.3 is 0 Å². The zero-order chi connectivity index (χ0) is 8.55. The maximum absolute atomic E-state index is 10.5. The first-order valence-electron chi connectivity index (χ1n) is 3.29. The van der Waals surface area contributed by atoms with Gasteiger partial charge in [-0.3, -0.25) is 4.79 Å². The summed E-state index contributed by atoms with van der Waals surface area (Å²) in [6.07, 6.45) is 2.01. The second kappa shape index (κ2) is 2.60. The fraction of sp³-hybridized carbons (Fsp3) is 0. The number of hydrogen-bond acceptors (Lipinski definition) is 3. The molecule has 3 nitrogen and oxygen atoms in total. The Balaban J connectivity index is 2.81. The van der Waals surface area contributed by atoms with E-state index < -0.39 is 0 Å². The van der Waals surface area contributed by atoms with Gasteiger partial charge in [-0.1, -0.05) is 11.6 Å². The Bertz CT molecular complexity index is 436. The van der Waals surface area contributed by atoms with Gasteiger partial charge < -0.3 is 4.42 Å². The Morgan fingerprint density at radius 1 is 1.50 bits per heavy atom. The molecule has 0 aliphatic heterocycles. The van der Waals surface area contributed by atoms with Crippen molar-refractivity contribution < 1.29 is 9.21 Å². The van der Waals surface area contributed by atoms with Gasteiger partial charge in [0.15, 0.2) is 18.3 Å². The van der Waals surface area contributed by atoms with E-state index in [1.165, 1.54) is 6.39 Å². The van der Waals surface area contributed by atoms with Gasteiger partial charge in [0.25, 0.3) is 0 Å². The molecule has 0 radical (unpaired) electrons. The summed E-state index contributed by atoms with van der Waals surface area (Å²) in [6, 6.07) is 3.17. The molecule has 60 valence electrons. The molecule has 0 bridgehead atoms. The highest BCUT2D eigenvalue weighted by Crippen LogP contribution is 2.21. The van der Waals surface area contributed by atoms with E-state index in [-0.39, 0.29) is 0 Å². The lowest BCUT2D eigenvalue weighted by molar-refractivity contribution is 0.112. The van der Waals surface area contributed by atoms with E-state index in [1.807, 2.05) is 0 Å². The van der Waals surface area contributed by atoms with Crippen LogP contribution in [0.4, 0.5) is 0 Å². The van der Waals surface area contributed by atoms with Crippen molar-refractivity contribution in [2.75, 3.05) is 0 Å². The minimum absolute atomic E-state index is 0.384. The molecule has 2 rings (SSSR count). The van der Waals surface area contributed by atoms with Crippen LogP contribution in [0.3, 0.4) is 0 Å². The van der Waals surface area contributed by atoms with Crippen LogP contribution in [0.1, 0.15) is 10.4 Å². The lowest BCUT2D eigenvalue weighted by atomic mass is 10.2. The second-order valence-electron chi connectivity index (χ2n) is 2.31. The average Bonchev–Trinajstić information content (AvgIpc) is 2.49. The quantitative estimate of drug-likeness (QED) is 0.634. The van der Waals surface area contributed by atoms with Crippen molar-refractivity contribution >= 4 is 29.0 Å². The number of rotatable bonds is 1. The molecule has 0 N–H and O–H groups in total. The highest BCUT2D eigenvalue weighted by atomic mass is 35.5. The number of aromatic nitrogens is 1. The maximum atomic E-state index is 10.5. The third-order valence-corrected chi connectivity index (χ3v) is 1.90. The number of fused-ring (bicyclic) bond motifs is 1. The first-order valence-corrected chi connectivity index (χ1v) is 3.67. The summed E-state index contributed by atoms with van der Waals surface area (Å²) in [4.78, 5) is 14.3. The molecule has 0 saturated carbocycles. The second-order valence-corrected chi connectivity index (χ2v) is 2.72. The summed E-state index contributed by atoms with van der Waals surface area (Å²) in [5, 5.41) is 0.384. The first-order chi connectivity index (χ1) is 5.81. The van der Waals surface area contributed by atoms with Gasteiger partial charge in [-0.25, -0.2) is 4.98 Å². The van der Waals surface area contributed by atoms with E-state index in [2.05, 4.69) is 4.98 Å². The van der Waals surface area contributed by atoms with Crippen LogP contribution in [0.25, 0.3) is 11.1 Å². The van der Waals surface area contributed by atoms with Gasteiger partial charge in [0.05, 0.1) is 5.02 Å². The predicted molar refractivity (Wildman–Crippen MR) is 44.4 cm³/mol. The standard InChI is InChI=1S/C8H4ClNO2/c9-6-2-8-7(10-4-12-8)1-5(6)3-11/h1-4H. The first kappa shape index (κ1) is 7.31. The fourth-order valence-electron chi connectivity index (χ4n) is 0.985. The molecule has 12 heavy (non-hydrogen) atoms. The van der Waals surface area contributed by atoms with E-state index in [0.29, 0.717) is 28.0 Å². The molecule has 0 unspecified atom stereocenters. The van der Waals surface area contributed by atoms with Gasteiger partial charge in [0.2, 0.25) is 0 Å². The Kier molecular flexibility index (Phi) is 1.59. The number of halogens is 1. The minimum atomic E-state index is 0.384. The molecule has 0 spiro atoms. The zero-order valence-corrected chi connectivity index (χ0v) is 6.71. The van der Waals surface area contributed by atoms with Crippen molar-refractivity contribution in [1.29, 1.82) is 0 Å². The van der Waals surface area contributed by atoms with E-state index in [9.17, 15) is 4.79 Å². The van der Waals surface area contributed by atoms with Gasteiger partial charge in [-0.2, -0.15) is 0 Å². The molecule has 0 aliphatic carbocycles. The lowest BCUT2D eigenvalue weighted by Gasteiger charge is -1.93. The van der Waals surface area contributed by atoms with Gasteiger partial charge in [-0.05, 0) is 6.07 Å². The van der Waals surface area contributed by atoms with Crippen LogP contribution in [0.2, 0.25) is 5.02 Å². The van der Waals surface area contributed by atoms with E-state index >= 15 is 0 Å². The molecule has 4 heteroatoms. The summed E-state index contributed by atoms with van der Waals surface area (Å²) in [5.41, 5.74) is 1.66. The number of nitrogens with zero attached hydrogens (tertiary/aromatic N) is 1. The zero-order valence-electron chi connectivity index (χ0n) is 5.95. The van der Waals surface area contributed by atoms with Gasteiger partial charge in [0, 0.05) is 11.6 Å². The smallest absolute Gasteiger partial charge is 0.181 e. The largest absolute Gasteiger partial charge is 0.443 e. The Morgan fingerprint density at radius 3 is 3.08 bits per heavy atom. The predicted octanol–water partition coefficient (Wildman–Crippen LogP) is 2.29. The molecule has 1 aromatic carbocycles. The summed E-state index contributed by atoms with van der Waals surface area (Å²) in [7, 11) is 0. The normalized spacial score (nSPS) is 10.4. The van der Waals surface area contributed by atoms with Gasteiger partial charge in [0.1, 0.15) is 5.52 Å². The van der Waals surface area contributed by atoms with Crippen molar-refractivity contribution in [2.24, 2.45) is 0 Å². The maximum Gasteiger partial charge on any atom is 0.181 e. The molecule has 0 fully saturated rings. The summed E-state index contributed by atoms with van der Waals surface area (Å²) in [5.74, 6) is 0. The molecular weight excluding hydrogens is 178 g/mol. The molecule has 0 saturated heterocycles. The number of oxazole rings is 1. The van der Waals surface area contributed by atoms with Crippen molar-refractivity contribution in [3.63, 3.8) is 0 Å². The molecule has 1 aromatic heterocycles. The molecule has 0 atom stereocenters. The molecule has 2 aromatic rings. The number of aldehydes is 1. The summed E-state index contributed by atoms with van der Waals surface area (Å²) in [6.45, 7) is 0. The van der Waals surface area contributed by atoms with E-state index in [1.54, 1.807) is 12.1 Å². The van der Waals surface area contributed by atoms with Crippen molar-refractivity contribution in [1.82, 2.24) is 4.98 Å². The molecule has 0 aliphatic rings. The average molecular weight is 182 g/mol. The molecule has 1 heterocycles. The minimum Gasteiger partial charge on any atom is -0.443 e. The van der Waals surface area contributed by atoms with Crippen LogP contribution in [0, 0.1) is 0 Å². The van der Waals surface area contributed by atoms with Crippen LogP contribution in [-0.2, 0) is 0 Å². The Labute approximate surface area is 73.0 Å². The third kappa shape index (κ3) is 0.987. The number of carbonyl (C=O) groups is 1. The van der Waals surface area contributed by atoms with Crippen LogP contribution in [-0.4, -0.2) is 11.3 Å².